The monoisotopic (exact) mass is 362 g/mol. The predicted octanol–water partition coefficient (Wildman–Crippen LogP) is 2.56. The summed E-state index contributed by atoms with van der Waals surface area (Å²) in [7, 11) is 8.69. The lowest BCUT2D eigenvalue weighted by atomic mass is 9.88. The number of hydrogen-bond acceptors (Lipinski definition) is 4. The summed E-state index contributed by atoms with van der Waals surface area (Å²) < 4.78 is 24.8. The molecule has 0 aromatic carbocycles. The van der Waals surface area contributed by atoms with Gasteiger partial charge in [0.25, 0.3) is 0 Å². The lowest BCUT2D eigenvalue weighted by molar-refractivity contribution is -0.0438. The van der Waals surface area contributed by atoms with Gasteiger partial charge in [-0.25, -0.2) is 8.78 Å². The highest BCUT2D eigenvalue weighted by molar-refractivity contribution is 4.74. The predicted molar refractivity (Wildman–Crippen MR) is 103 cm³/mol. The first kappa shape index (κ1) is 22.7. The minimum absolute atomic E-state index is 0.105. The second-order valence-corrected chi connectivity index (χ2v) is 8.25. The van der Waals surface area contributed by atoms with Crippen LogP contribution in [0.15, 0.2) is 0 Å². The fourth-order valence-electron chi connectivity index (χ4n) is 3.00. The van der Waals surface area contributed by atoms with E-state index in [0.29, 0.717) is 18.8 Å². The molecule has 0 spiro atoms. The lowest BCUT2D eigenvalue weighted by Gasteiger charge is -2.28. The van der Waals surface area contributed by atoms with Gasteiger partial charge in [0, 0.05) is 65.2 Å². The summed E-state index contributed by atoms with van der Waals surface area (Å²) in [5, 5.41) is 0. The van der Waals surface area contributed by atoms with Crippen LogP contribution in [-0.2, 0) is 0 Å². The van der Waals surface area contributed by atoms with Gasteiger partial charge in [-0.2, -0.15) is 0 Å². The van der Waals surface area contributed by atoms with Crippen molar-refractivity contribution in [1.82, 2.24) is 19.6 Å². The molecular formula is C19H40F2N4. The minimum atomic E-state index is -2.34. The van der Waals surface area contributed by atoms with Crippen LogP contribution in [0.1, 0.15) is 32.6 Å². The minimum Gasteiger partial charge on any atom is -0.304 e. The van der Waals surface area contributed by atoms with Gasteiger partial charge in [-0.1, -0.05) is 6.92 Å². The van der Waals surface area contributed by atoms with E-state index in [9.17, 15) is 8.78 Å². The molecule has 150 valence electrons. The fourth-order valence-corrected chi connectivity index (χ4v) is 3.00. The van der Waals surface area contributed by atoms with Crippen molar-refractivity contribution < 1.29 is 8.78 Å². The Hall–Kier alpha value is -0.300. The standard InChI is InChI=1S/C7H12F2.2C6H14N2/c1-6-2-4-7(8,9)5-3-6;2*1-7-3-5-8(2)6-4-7/h6H,2-5H2,1H3;2*3-6H2,1-2H3. The molecule has 6 heteroatoms. The molecule has 0 bridgehead atoms. The number of likely N-dealkylation sites (N-methyl/N-ethyl adjacent to an activating group) is 4. The van der Waals surface area contributed by atoms with Crippen LogP contribution in [0, 0.1) is 5.92 Å². The summed E-state index contributed by atoms with van der Waals surface area (Å²) in [5.41, 5.74) is 0. The summed E-state index contributed by atoms with van der Waals surface area (Å²) in [5.74, 6) is -1.82. The zero-order valence-electron chi connectivity index (χ0n) is 17.1. The molecule has 3 rings (SSSR count). The van der Waals surface area contributed by atoms with Gasteiger partial charge in [0.15, 0.2) is 0 Å². The number of alkyl halides is 2. The maximum absolute atomic E-state index is 12.4. The van der Waals surface area contributed by atoms with E-state index in [1.807, 2.05) is 6.92 Å². The summed E-state index contributed by atoms with van der Waals surface area (Å²) in [6.07, 6.45) is 1.61. The van der Waals surface area contributed by atoms with Crippen LogP contribution in [-0.4, -0.2) is 106 Å². The molecule has 0 aromatic heterocycles. The maximum atomic E-state index is 12.4. The van der Waals surface area contributed by atoms with Crippen molar-refractivity contribution in [1.29, 1.82) is 0 Å². The molecule has 0 unspecified atom stereocenters. The van der Waals surface area contributed by atoms with Gasteiger partial charge in [-0.15, -0.1) is 0 Å². The second-order valence-electron chi connectivity index (χ2n) is 8.25. The maximum Gasteiger partial charge on any atom is 0.248 e. The van der Waals surface area contributed by atoms with E-state index in [0.717, 1.165) is 0 Å². The van der Waals surface area contributed by atoms with Gasteiger partial charge in [0.2, 0.25) is 5.92 Å². The highest BCUT2D eigenvalue weighted by atomic mass is 19.3. The summed E-state index contributed by atoms with van der Waals surface area (Å²) in [6, 6.07) is 0. The Kier molecular flexibility index (Phi) is 10.4. The van der Waals surface area contributed by atoms with Crippen molar-refractivity contribution in [2.24, 2.45) is 5.92 Å². The van der Waals surface area contributed by atoms with E-state index in [1.54, 1.807) is 0 Å². The molecule has 0 amide bonds. The Bertz CT molecular complexity index is 288. The Labute approximate surface area is 154 Å². The van der Waals surface area contributed by atoms with Crippen molar-refractivity contribution in [3.8, 4) is 0 Å². The molecule has 0 aromatic rings. The van der Waals surface area contributed by atoms with Crippen LogP contribution in [0.4, 0.5) is 8.78 Å². The van der Waals surface area contributed by atoms with Crippen LogP contribution in [0.3, 0.4) is 0 Å². The highest BCUT2D eigenvalue weighted by Crippen LogP contribution is 2.35. The van der Waals surface area contributed by atoms with Crippen LogP contribution in [0.2, 0.25) is 0 Å². The zero-order chi connectivity index (χ0) is 18.9. The molecule has 2 aliphatic heterocycles. The van der Waals surface area contributed by atoms with Crippen molar-refractivity contribution >= 4 is 0 Å². The van der Waals surface area contributed by atoms with Crippen molar-refractivity contribution in [3.05, 3.63) is 0 Å². The van der Waals surface area contributed by atoms with E-state index < -0.39 is 5.92 Å². The van der Waals surface area contributed by atoms with E-state index >= 15 is 0 Å². The summed E-state index contributed by atoms with van der Waals surface area (Å²) in [4.78, 5) is 9.44. The topological polar surface area (TPSA) is 13.0 Å². The Balaban J connectivity index is 0.000000188. The third kappa shape index (κ3) is 11.1. The van der Waals surface area contributed by atoms with Crippen molar-refractivity contribution in [2.75, 3.05) is 80.5 Å². The van der Waals surface area contributed by atoms with Gasteiger partial charge >= 0.3 is 0 Å². The SMILES string of the molecule is CC1CCC(F)(F)CC1.CN1CCN(C)CC1.CN1CCN(C)CC1. The molecule has 2 heterocycles. The average molecular weight is 363 g/mol. The number of piperazine rings is 2. The quantitative estimate of drug-likeness (QED) is 0.657. The smallest absolute Gasteiger partial charge is 0.248 e. The molecule has 25 heavy (non-hydrogen) atoms. The number of rotatable bonds is 0. The van der Waals surface area contributed by atoms with Crippen LogP contribution >= 0.6 is 0 Å². The second kappa shape index (κ2) is 11.4. The first-order valence-corrected chi connectivity index (χ1v) is 9.80. The molecule has 0 N–H and O–H groups in total. The van der Waals surface area contributed by atoms with E-state index in [-0.39, 0.29) is 12.8 Å². The Morgan fingerprint density at radius 3 is 1.04 bits per heavy atom. The third-order valence-electron chi connectivity index (χ3n) is 5.46. The number of halogens is 2. The largest absolute Gasteiger partial charge is 0.304 e. The van der Waals surface area contributed by atoms with Crippen LogP contribution in [0.25, 0.3) is 0 Å². The molecule has 2 saturated heterocycles. The van der Waals surface area contributed by atoms with E-state index in [1.165, 1.54) is 52.4 Å². The van der Waals surface area contributed by atoms with Crippen LogP contribution < -0.4 is 0 Å². The van der Waals surface area contributed by atoms with Gasteiger partial charge in [-0.05, 0) is 47.0 Å². The number of nitrogens with zero attached hydrogens (tertiary/aromatic N) is 4. The van der Waals surface area contributed by atoms with Crippen molar-refractivity contribution in [2.45, 2.75) is 38.5 Å². The summed E-state index contributed by atoms with van der Waals surface area (Å²) >= 11 is 0. The average Bonchev–Trinajstić information content (AvgIpc) is 2.57. The highest BCUT2D eigenvalue weighted by Gasteiger charge is 2.33. The molecule has 3 fully saturated rings. The van der Waals surface area contributed by atoms with Gasteiger partial charge in [0.1, 0.15) is 0 Å². The normalized spacial score (nSPS) is 27.0. The molecular weight excluding hydrogens is 322 g/mol. The Morgan fingerprint density at radius 1 is 0.600 bits per heavy atom. The third-order valence-corrected chi connectivity index (χ3v) is 5.46. The number of hydrogen-bond donors (Lipinski definition) is 0. The molecule has 1 saturated carbocycles. The van der Waals surface area contributed by atoms with E-state index in [2.05, 4.69) is 47.8 Å². The summed E-state index contributed by atoms with van der Waals surface area (Å²) in [6.45, 7) is 11.9. The Morgan fingerprint density at radius 2 is 0.840 bits per heavy atom. The van der Waals surface area contributed by atoms with E-state index in [4.69, 9.17) is 0 Å². The molecule has 3 aliphatic rings. The lowest BCUT2D eigenvalue weighted by Crippen LogP contribution is -2.42. The molecule has 0 atom stereocenters. The molecule has 4 nitrogen and oxygen atoms in total. The molecule has 0 radical (unpaired) electrons. The molecule has 1 aliphatic carbocycles. The van der Waals surface area contributed by atoms with Crippen LogP contribution in [0.5, 0.6) is 0 Å². The zero-order valence-corrected chi connectivity index (χ0v) is 17.1. The van der Waals surface area contributed by atoms with Gasteiger partial charge in [0.05, 0.1) is 0 Å². The van der Waals surface area contributed by atoms with Crippen molar-refractivity contribution in [3.63, 3.8) is 0 Å². The first-order valence-electron chi connectivity index (χ1n) is 9.80. The van der Waals surface area contributed by atoms with Gasteiger partial charge < -0.3 is 19.6 Å². The first-order chi connectivity index (χ1) is 11.7. The fraction of sp³-hybridized carbons (Fsp3) is 1.00. The van der Waals surface area contributed by atoms with Gasteiger partial charge in [-0.3, -0.25) is 0 Å².